The fourth-order valence-corrected chi connectivity index (χ4v) is 4.33. The lowest BCUT2D eigenvalue weighted by molar-refractivity contribution is 0.0937. The molecule has 3 aromatic rings. The third-order valence-corrected chi connectivity index (χ3v) is 6.25. The van der Waals surface area contributed by atoms with E-state index >= 15 is 0 Å². The van der Waals surface area contributed by atoms with Crippen LogP contribution in [-0.2, 0) is 0 Å². The number of carbonyl (C=O) groups excluding carboxylic acids is 1. The third-order valence-electron chi connectivity index (χ3n) is 6.25. The quantitative estimate of drug-likeness (QED) is 0.522. The molecule has 0 spiro atoms. The lowest BCUT2D eigenvalue weighted by Gasteiger charge is -2.29. The Kier molecular flexibility index (Phi) is 6.17. The van der Waals surface area contributed by atoms with Gasteiger partial charge in [-0.3, -0.25) is 14.6 Å². The highest BCUT2D eigenvalue weighted by atomic mass is 16.5. The highest BCUT2D eigenvalue weighted by Crippen LogP contribution is 2.33. The molecular formula is C27H28N2O4. The molecule has 0 atom stereocenters. The maximum Gasteiger partial charge on any atom is 0.264 e. The fraction of sp³-hybridized carbons (Fsp3) is 0.296. The number of nitrogens with zero attached hydrogens (tertiary/aromatic N) is 2. The molecule has 1 fully saturated rings. The van der Waals surface area contributed by atoms with Gasteiger partial charge in [0.2, 0.25) is 0 Å². The molecule has 1 amide bonds. The van der Waals surface area contributed by atoms with Crippen LogP contribution in [0.15, 0.2) is 66.7 Å². The minimum atomic E-state index is -0.0692. The minimum absolute atomic E-state index is 0.0692. The van der Waals surface area contributed by atoms with Gasteiger partial charge in [-0.15, -0.1) is 0 Å². The van der Waals surface area contributed by atoms with Crippen LogP contribution in [0.3, 0.4) is 0 Å². The Morgan fingerprint density at radius 2 is 1.58 bits per heavy atom. The first-order chi connectivity index (χ1) is 16.2. The zero-order valence-corrected chi connectivity index (χ0v) is 18.8. The molecule has 2 aliphatic heterocycles. The Labute approximate surface area is 194 Å². The van der Waals surface area contributed by atoms with Crippen molar-refractivity contribution < 1.29 is 19.0 Å². The van der Waals surface area contributed by atoms with Crippen LogP contribution in [0.4, 0.5) is 5.69 Å². The van der Waals surface area contributed by atoms with Gasteiger partial charge < -0.3 is 14.2 Å². The smallest absolute Gasteiger partial charge is 0.264 e. The van der Waals surface area contributed by atoms with E-state index in [1.165, 1.54) is 25.9 Å². The van der Waals surface area contributed by atoms with Gasteiger partial charge >= 0.3 is 0 Å². The molecule has 0 aromatic heterocycles. The Morgan fingerprint density at radius 1 is 0.879 bits per heavy atom. The van der Waals surface area contributed by atoms with E-state index < -0.39 is 0 Å². The van der Waals surface area contributed by atoms with Crippen LogP contribution in [0.1, 0.15) is 23.2 Å². The number of fused-ring (bicyclic) bond motifs is 1. The molecule has 0 aliphatic carbocycles. The Bertz CT molecular complexity index is 1110. The van der Waals surface area contributed by atoms with E-state index in [4.69, 9.17) is 14.2 Å². The lowest BCUT2D eigenvalue weighted by Crippen LogP contribution is -2.38. The molecule has 5 rings (SSSR count). The number of carbonyl (C=O) groups is 1. The van der Waals surface area contributed by atoms with Crippen molar-refractivity contribution >= 4 is 11.6 Å². The van der Waals surface area contributed by atoms with Crippen LogP contribution in [0, 0.1) is 0 Å². The summed E-state index contributed by atoms with van der Waals surface area (Å²) in [6.45, 7) is 4.14. The molecule has 6 nitrogen and oxygen atoms in total. The first-order valence-corrected chi connectivity index (χ1v) is 11.4. The maximum absolute atomic E-state index is 13.1. The second-order valence-corrected chi connectivity index (χ2v) is 8.34. The number of hydrogen-bond acceptors (Lipinski definition) is 5. The van der Waals surface area contributed by atoms with E-state index in [2.05, 4.69) is 4.90 Å². The highest BCUT2D eigenvalue weighted by Gasteiger charge is 2.27. The molecule has 3 aromatic carbocycles. The van der Waals surface area contributed by atoms with Crippen LogP contribution in [0.2, 0.25) is 0 Å². The number of ether oxygens (including phenoxy) is 3. The molecule has 170 valence electrons. The third kappa shape index (κ3) is 4.66. The summed E-state index contributed by atoms with van der Waals surface area (Å²) >= 11 is 0. The van der Waals surface area contributed by atoms with Gasteiger partial charge in [0.25, 0.3) is 5.91 Å². The topological polar surface area (TPSA) is 51.2 Å². The summed E-state index contributed by atoms with van der Waals surface area (Å²) in [6, 6.07) is 21.2. The first-order valence-electron chi connectivity index (χ1n) is 11.4. The van der Waals surface area contributed by atoms with Crippen LogP contribution < -0.4 is 19.1 Å². The van der Waals surface area contributed by atoms with Crippen molar-refractivity contribution in [1.29, 1.82) is 0 Å². The van der Waals surface area contributed by atoms with Crippen LogP contribution in [0.25, 0.3) is 11.1 Å². The SMILES string of the molecule is COc1ccc(-c2ccc3c(c2)OCN(c2ccc(OCCN4CCCC4)cc2)C3=O)cc1. The van der Waals surface area contributed by atoms with Crippen molar-refractivity contribution in [3.05, 3.63) is 72.3 Å². The molecule has 0 radical (unpaired) electrons. The van der Waals surface area contributed by atoms with Gasteiger partial charge in [-0.2, -0.15) is 0 Å². The zero-order chi connectivity index (χ0) is 22.6. The summed E-state index contributed by atoms with van der Waals surface area (Å²) in [5.41, 5.74) is 3.38. The zero-order valence-electron chi connectivity index (χ0n) is 18.8. The van der Waals surface area contributed by atoms with E-state index in [-0.39, 0.29) is 12.6 Å². The second-order valence-electron chi connectivity index (χ2n) is 8.34. The highest BCUT2D eigenvalue weighted by molar-refractivity contribution is 6.09. The van der Waals surface area contributed by atoms with E-state index in [9.17, 15) is 4.79 Å². The van der Waals surface area contributed by atoms with Crippen molar-refractivity contribution in [3.8, 4) is 28.4 Å². The number of methoxy groups -OCH3 is 1. The number of benzene rings is 3. The monoisotopic (exact) mass is 444 g/mol. The Balaban J connectivity index is 1.24. The number of likely N-dealkylation sites (tertiary alicyclic amines) is 1. The average Bonchev–Trinajstić information content (AvgIpc) is 3.38. The summed E-state index contributed by atoms with van der Waals surface area (Å²) < 4.78 is 17.1. The van der Waals surface area contributed by atoms with Gasteiger partial charge in [-0.05, 0) is 85.6 Å². The maximum atomic E-state index is 13.1. The largest absolute Gasteiger partial charge is 0.497 e. The summed E-state index contributed by atoms with van der Waals surface area (Å²) in [6.07, 6.45) is 2.57. The van der Waals surface area contributed by atoms with Gasteiger partial charge in [-0.25, -0.2) is 0 Å². The molecule has 2 aliphatic rings. The van der Waals surface area contributed by atoms with Crippen molar-refractivity contribution in [3.63, 3.8) is 0 Å². The fourth-order valence-electron chi connectivity index (χ4n) is 4.33. The predicted octanol–water partition coefficient (Wildman–Crippen LogP) is 4.83. The van der Waals surface area contributed by atoms with E-state index in [1.54, 1.807) is 12.0 Å². The molecule has 2 heterocycles. The van der Waals surface area contributed by atoms with Crippen molar-refractivity contribution in [2.75, 3.05) is 45.0 Å². The predicted molar refractivity (Wildman–Crippen MR) is 128 cm³/mol. The molecular weight excluding hydrogens is 416 g/mol. The van der Waals surface area contributed by atoms with Gasteiger partial charge in [0, 0.05) is 12.2 Å². The molecule has 0 unspecified atom stereocenters. The van der Waals surface area contributed by atoms with Crippen molar-refractivity contribution in [1.82, 2.24) is 4.90 Å². The van der Waals surface area contributed by atoms with Gasteiger partial charge in [0.15, 0.2) is 6.73 Å². The standard InChI is InChI=1S/C27H28N2O4/c1-31-23-9-4-20(5-10-23)21-6-13-25-26(18-21)33-19-29(27(25)30)22-7-11-24(12-8-22)32-17-16-28-14-2-3-15-28/h4-13,18H,2-3,14-17,19H2,1H3. The van der Waals surface area contributed by atoms with Crippen LogP contribution in [0.5, 0.6) is 17.2 Å². The van der Waals surface area contributed by atoms with Crippen LogP contribution in [-0.4, -0.2) is 50.9 Å². The summed E-state index contributed by atoms with van der Waals surface area (Å²) in [4.78, 5) is 17.2. The molecule has 33 heavy (non-hydrogen) atoms. The Hall–Kier alpha value is -3.51. The average molecular weight is 445 g/mol. The molecule has 1 saturated heterocycles. The van der Waals surface area contributed by atoms with Crippen molar-refractivity contribution in [2.24, 2.45) is 0 Å². The number of rotatable bonds is 7. The van der Waals surface area contributed by atoms with E-state index in [1.807, 2.05) is 66.7 Å². The molecule has 0 saturated carbocycles. The van der Waals surface area contributed by atoms with Crippen molar-refractivity contribution in [2.45, 2.75) is 12.8 Å². The summed E-state index contributed by atoms with van der Waals surface area (Å²) in [7, 11) is 1.65. The number of amides is 1. The summed E-state index contributed by atoms with van der Waals surface area (Å²) in [5, 5.41) is 0. The normalized spacial score (nSPS) is 15.8. The minimum Gasteiger partial charge on any atom is -0.497 e. The molecule has 0 bridgehead atoms. The number of hydrogen-bond donors (Lipinski definition) is 0. The lowest BCUT2D eigenvalue weighted by atomic mass is 10.0. The first kappa shape index (κ1) is 21.3. The van der Waals surface area contributed by atoms with E-state index in [0.717, 1.165) is 34.9 Å². The van der Waals surface area contributed by atoms with Crippen LogP contribution >= 0.6 is 0 Å². The summed E-state index contributed by atoms with van der Waals surface area (Å²) in [5.74, 6) is 2.15. The van der Waals surface area contributed by atoms with Gasteiger partial charge in [0.1, 0.15) is 23.9 Å². The molecule has 0 N–H and O–H groups in total. The molecule has 6 heteroatoms. The van der Waals surface area contributed by atoms with Gasteiger partial charge in [-0.1, -0.05) is 18.2 Å². The second kappa shape index (κ2) is 9.55. The number of anilines is 1. The Morgan fingerprint density at radius 3 is 2.30 bits per heavy atom. The van der Waals surface area contributed by atoms with Gasteiger partial charge in [0.05, 0.1) is 12.7 Å². The van der Waals surface area contributed by atoms with E-state index in [0.29, 0.717) is 17.9 Å².